The monoisotopic (exact) mass is 1030 g/mol. The Kier molecular flexibility index (Phi) is 24.4. The first-order valence-electron chi connectivity index (χ1n) is 25.4. The summed E-state index contributed by atoms with van der Waals surface area (Å²) >= 11 is 0. The molecule has 0 saturated carbocycles. The molecule has 5 aliphatic heterocycles. The molecule has 5 aliphatic rings. The molecule has 0 unspecified atom stereocenters. The van der Waals surface area contributed by atoms with Crippen LogP contribution in [0, 0.1) is 0 Å². The fraction of sp³-hybridized carbons (Fsp3) is 0.979. The molecule has 416 valence electrons. The Balaban J connectivity index is 1.26. The summed E-state index contributed by atoms with van der Waals surface area (Å²) in [5.74, 6) is -0.215. The first kappa shape index (κ1) is 60.5. The summed E-state index contributed by atoms with van der Waals surface area (Å²) < 4.78 is 64.8. The number of rotatable bonds is 25. The summed E-state index contributed by atoms with van der Waals surface area (Å²) in [5, 5.41) is 131. The zero-order valence-corrected chi connectivity index (χ0v) is 41.7. The number of aliphatic hydroxyl groups is 12. The molecule has 0 aliphatic carbocycles. The van der Waals surface area contributed by atoms with Crippen LogP contribution >= 0.6 is 0 Å². The molecule has 0 spiro atoms. The Hall–Kier alpha value is -1.41. The zero-order chi connectivity index (χ0) is 52.3. The highest BCUT2D eigenvalue weighted by Gasteiger charge is 2.56. The van der Waals surface area contributed by atoms with Crippen molar-refractivity contribution in [1.82, 2.24) is 0 Å². The number of ether oxygens (including phenoxy) is 11. The summed E-state index contributed by atoms with van der Waals surface area (Å²) in [4.78, 5) is 11.4. The van der Waals surface area contributed by atoms with Crippen molar-refractivity contribution in [1.29, 1.82) is 0 Å². The molecule has 0 bridgehead atoms. The average Bonchev–Trinajstić information content (AvgIpc) is 3.34. The molecular weight excluding hydrogens is 948 g/mol. The van der Waals surface area contributed by atoms with Crippen molar-refractivity contribution < 1.29 is 118 Å². The predicted molar refractivity (Wildman–Crippen MR) is 241 cm³/mol. The van der Waals surface area contributed by atoms with Crippen molar-refractivity contribution in [2.45, 2.75) is 278 Å². The Bertz CT molecular complexity index is 1540. The maximum atomic E-state index is 11.9. The van der Waals surface area contributed by atoms with Crippen molar-refractivity contribution >= 4 is 5.97 Å². The zero-order valence-electron chi connectivity index (χ0n) is 41.7. The lowest BCUT2D eigenvalue weighted by Crippen LogP contribution is -2.67. The van der Waals surface area contributed by atoms with Crippen molar-refractivity contribution in [3.05, 3.63) is 0 Å². The number of aliphatic hydroxyl groups excluding tert-OH is 12. The number of carbonyl (C=O) groups is 1. The highest BCUT2D eigenvalue weighted by molar-refractivity contribution is 5.68. The predicted octanol–water partition coefficient (Wildman–Crippen LogP) is -2.16. The average molecular weight is 1030 g/mol. The van der Waals surface area contributed by atoms with E-state index < -0.39 is 160 Å². The molecule has 0 aromatic rings. The Morgan fingerprint density at radius 3 is 1.39 bits per heavy atom. The third-order valence-corrected chi connectivity index (χ3v) is 14.2. The third-order valence-electron chi connectivity index (χ3n) is 14.2. The molecule has 0 radical (unpaired) electrons. The van der Waals surface area contributed by atoms with Gasteiger partial charge in [-0.05, 0) is 47.0 Å². The second-order valence-electron chi connectivity index (χ2n) is 19.7. The van der Waals surface area contributed by atoms with Crippen molar-refractivity contribution in [2.24, 2.45) is 0 Å². The molecule has 5 fully saturated rings. The normalized spacial score (nSPS) is 44.8. The molecule has 0 aromatic heterocycles. The van der Waals surface area contributed by atoms with Gasteiger partial charge in [0.1, 0.15) is 97.7 Å². The van der Waals surface area contributed by atoms with Crippen LogP contribution in [0.25, 0.3) is 0 Å². The number of unbranched alkanes of at least 4 members (excludes halogenated alkanes) is 8. The molecule has 24 nitrogen and oxygen atoms in total. The fourth-order valence-electron chi connectivity index (χ4n) is 9.65. The van der Waals surface area contributed by atoms with Gasteiger partial charge in [0, 0.05) is 6.42 Å². The SMILES string of the molecule is CCCCC[C@@H](CCCCCCCCCC(=O)OC)O[C@@H]1O[C@H](CO)[C@@H](O)[C@H](O)[C@H]1O[C@@H]1O[C@@H](C)[C@H](O[C@@H]2O[C@@H](C)[C@H](O[C@@H]3O[C@@H](C)[C@H](O)[C@@H](O)[C@H]3O)[C@@H](O[C@@H]3O[C@@H](C)[C@H](O)[C@@H](O)[C@H]3O)[C@H]2O)[C@@H](O)[C@H]1O. The second-order valence-corrected chi connectivity index (χ2v) is 19.7. The van der Waals surface area contributed by atoms with Gasteiger partial charge in [-0.1, -0.05) is 64.7 Å². The van der Waals surface area contributed by atoms with Gasteiger partial charge in [-0.2, -0.15) is 0 Å². The number of hydrogen-bond acceptors (Lipinski definition) is 24. The topological polar surface area (TPSA) is 361 Å². The van der Waals surface area contributed by atoms with E-state index in [2.05, 4.69) is 6.92 Å². The Labute approximate surface area is 414 Å². The van der Waals surface area contributed by atoms with Crippen LogP contribution in [0.2, 0.25) is 0 Å². The Morgan fingerprint density at radius 1 is 0.437 bits per heavy atom. The lowest BCUT2D eigenvalue weighted by molar-refractivity contribution is -0.399. The van der Waals surface area contributed by atoms with Crippen LogP contribution in [0.3, 0.4) is 0 Å². The molecule has 26 atom stereocenters. The van der Waals surface area contributed by atoms with Crippen LogP contribution in [-0.2, 0) is 56.9 Å². The second kappa shape index (κ2) is 28.6. The van der Waals surface area contributed by atoms with Gasteiger partial charge in [-0.3, -0.25) is 4.79 Å². The lowest BCUT2D eigenvalue weighted by atomic mass is 9.95. The first-order valence-corrected chi connectivity index (χ1v) is 25.4. The maximum absolute atomic E-state index is 11.9. The largest absolute Gasteiger partial charge is 0.469 e. The first-order chi connectivity index (χ1) is 33.7. The highest BCUT2D eigenvalue weighted by Crippen LogP contribution is 2.37. The summed E-state index contributed by atoms with van der Waals surface area (Å²) in [7, 11) is 1.38. The van der Waals surface area contributed by atoms with E-state index >= 15 is 0 Å². The minimum absolute atomic E-state index is 0.215. The lowest BCUT2D eigenvalue weighted by Gasteiger charge is -2.50. The molecule has 5 saturated heterocycles. The molecule has 12 N–H and O–H groups in total. The summed E-state index contributed by atoms with van der Waals surface area (Å²) in [5.41, 5.74) is 0. The third kappa shape index (κ3) is 15.6. The summed E-state index contributed by atoms with van der Waals surface area (Å²) in [6, 6.07) is 0. The van der Waals surface area contributed by atoms with Crippen LogP contribution in [0.15, 0.2) is 0 Å². The molecule has 24 heteroatoms. The molecule has 5 rings (SSSR count). The van der Waals surface area contributed by atoms with Gasteiger partial charge in [-0.25, -0.2) is 0 Å². The van der Waals surface area contributed by atoms with Gasteiger partial charge in [0.25, 0.3) is 0 Å². The number of carbonyl (C=O) groups excluding carboxylic acids is 1. The molecule has 0 aromatic carbocycles. The van der Waals surface area contributed by atoms with Crippen LogP contribution < -0.4 is 0 Å². The summed E-state index contributed by atoms with van der Waals surface area (Å²) in [6.45, 7) is 7.17. The quantitative estimate of drug-likeness (QED) is 0.0342. The molecule has 71 heavy (non-hydrogen) atoms. The van der Waals surface area contributed by atoms with Crippen LogP contribution in [0.4, 0.5) is 0 Å². The van der Waals surface area contributed by atoms with Gasteiger partial charge in [-0.15, -0.1) is 0 Å². The van der Waals surface area contributed by atoms with E-state index in [-0.39, 0.29) is 12.1 Å². The number of methoxy groups -OCH3 is 1. The summed E-state index contributed by atoms with van der Waals surface area (Å²) in [6.07, 6.45) is -28.4. The maximum Gasteiger partial charge on any atom is 0.305 e. The standard InChI is InChI=1S/C47H84O24/c1-7-8-14-17-25(18-15-12-10-9-11-13-16-19-27(49)61-6)66-47-42(33(55)30(52)26(20-48)67-47)71-45-37(59)34(56)39(23(4)64-45)68-46-38(60)41(70-44-36(58)32(54)29(51)22(3)63-44)40(24(5)65-46)69-43-35(57)31(53)28(50)21(2)62-43/h21-26,28-48,50-60H,7-20H2,1-6H3/t21-,22-,23-,24-,25-,26+,28-,29-,30+,31+,32+,33-,34-,35+,36+,37+,38+,39-,40-,41-,42+,43-,44-,45-,46-,47+/m0/s1. The van der Waals surface area contributed by atoms with Crippen LogP contribution in [0.1, 0.15) is 118 Å². The molecular formula is C47H84O24. The van der Waals surface area contributed by atoms with Gasteiger partial charge < -0.3 is 113 Å². The van der Waals surface area contributed by atoms with Crippen molar-refractivity contribution in [3.8, 4) is 0 Å². The van der Waals surface area contributed by atoms with E-state index in [0.29, 0.717) is 19.3 Å². The molecule has 0 amide bonds. The van der Waals surface area contributed by atoms with Crippen LogP contribution in [-0.4, -0.2) is 241 Å². The van der Waals surface area contributed by atoms with E-state index in [4.69, 9.17) is 52.1 Å². The number of hydrogen-bond donors (Lipinski definition) is 12. The van der Waals surface area contributed by atoms with E-state index in [1.54, 1.807) is 0 Å². The van der Waals surface area contributed by atoms with Gasteiger partial charge in [0.05, 0.1) is 44.2 Å². The van der Waals surface area contributed by atoms with E-state index in [1.807, 2.05) is 0 Å². The highest BCUT2D eigenvalue weighted by atomic mass is 16.8. The van der Waals surface area contributed by atoms with Gasteiger partial charge in [0.15, 0.2) is 31.5 Å². The molecule has 5 heterocycles. The fourth-order valence-corrected chi connectivity index (χ4v) is 9.65. The van der Waals surface area contributed by atoms with Crippen molar-refractivity contribution in [2.75, 3.05) is 13.7 Å². The van der Waals surface area contributed by atoms with E-state index in [0.717, 1.165) is 64.2 Å². The smallest absolute Gasteiger partial charge is 0.305 e. The van der Waals surface area contributed by atoms with Gasteiger partial charge >= 0.3 is 5.97 Å². The minimum Gasteiger partial charge on any atom is -0.469 e. The van der Waals surface area contributed by atoms with Gasteiger partial charge in [0.2, 0.25) is 0 Å². The van der Waals surface area contributed by atoms with E-state index in [1.165, 1.54) is 34.8 Å². The Morgan fingerprint density at radius 2 is 0.859 bits per heavy atom. The van der Waals surface area contributed by atoms with E-state index in [9.17, 15) is 66.1 Å². The minimum atomic E-state index is -1.91. The number of esters is 1. The van der Waals surface area contributed by atoms with Crippen molar-refractivity contribution in [3.63, 3.8) is 0 Å². The van der Waals surface area contributed by atoms with Crippen LogP contribution in [0.5, 0.6) is 0 Å².